The number of ether oxygens (including phenoxy) is 1. The molecule has 0 aliphatic carbocycles. The number of hydrogen-bond acceptors (Lipinski definition) is 7. The van der Waals surface area contributed by atoms with E-state index in [9.17, 15) is 10.2 Å². The Morgan fingerprint density at radius 1 is 1.31 bits per heavy atom. The first kappa shape index (κ1) is 19.7. The van der Waals surface area contributed by atoms with Crippen LogP contribution >= 0.6 is 0 Å². The first-order valence-electron chi connectivity index (χ1n) is 9.41. The Morgan fingerprint density at radius 2 is 2.07 bits per heavy atom. The highest BCUT2D eigenvalue weighted by molar-refractivity contribution is 6.01. The van der Waals surface area contributed by atoms with Crippen molar-refractivity contribution < 1.29 is 24.2 Å². The Hall–Kier alpha value is -2.59. The van der Waals surface area contributed by atoms with Crippen molar-refractivity contribution in [3.8, 4) is 11.1 Å². The summed E-state index contributed by atoms with van der Waals surface area (Å²) in [4.78, 5) is 13.9. The minimum Gasteiger partial charge on any atom is -0.394 e. The van der Waals surface area contributed by atoms with Gasteiger partial charge in [-0.1, -0.05) is 30.3 Å². The summed E-state index contributed by atoms with van der Waals surface area (Å²) >= 11 is 0. The van der Waals surface area contributed by atoms with Crippen LogP contribution in [0.3, 0.4) is 0 Å². The second kappa shape index (κ2) is 7.68. The summed E-state index contributed by atoms with van der Waals surface area (Å²) in [6.45, 7) is 3.03. The van der Waals surface area contributed by atoms with Gasteiger partial charge in [0.05, 0.1) is 18.6 Å². The van der Waals surface area contributed by atoms with Gasteiger partial charge in [0.1, 0.15) is 24.2 Å². The molecule has 1 saturated heterocycles. The van der Waals surface area contributed by atoms with Gasteiger partial charge in [0.25, 0.3) is 0 Å². The minimum absolute atomic E-state index is 0.417. The molecule has 4 rings (SSSR count). The van der Waals surface area contributed by atoms with Crippen molar-refractivity contribution in [2.24, 2.45) is 0 Å². The molecule has 2 unspecified atom stereocenters. The van der Waals surface area contributed by atoms with Crippen LogP contribution in [0.2, 0.25) is 0 Å². The molecular formula is C20H23FN4O4. The van der Waals surface area contributed by atoms with E-state index in [1.807, 2.05) is 37.3 Å². The lowest BCUT2D eigenvalue weighted by molar-refractivity contribution is -0.0563. The standard InChI is InChI=1S/C20H23FN4O4/c1-3-28-24-17-15-13(12-7-5-4-6-8-12)9-25(18(15)23-11-22-17)19-20(2,21)16(27)14(10-26)29-19/h4-9,11,14,16,19,26-27H,3,10H2,1-2H3,(H,22,23,24)/t14?,16?,19-,20-/m1/s1. The monoisotopic (exact) mass is 402 g/mol. The third kappa shape index (κ3) is 3.25. The molecule has 0 spiro atoms. The van der Waals surface area contributed by atoms with Crippen molar-refractivity contribution in [2.45, 2.75) is 38.0 Å². The van der Waals surface area contributed by atoms with E-state index in [1.165, 1.54) is 17.8 Å². The molecule has 1 aliphatic rings. The number of aromatic nitrogens is 3. The smallest absolute Gasteiger partial charge is 0.181 e. The van der Waals surface area contributed by atoms with Crippen molar-refractivity contribution in [1.82, 2.24) is 14.5 Å². The Morgan fingerprint density at radius 3 is 2.72 bits per heavy atom. The van der Waals surface area contributed by atoms with E-state index in [0.717, 1.165) is 11.1 Å². The molecule has 154 valence electrons. The van der Waals surface area contributed by atoms with Crippen LogP contribution in [0.15, 0.2) is 42.9 Å². The zero-order chi connectivity index (χ0) is 20.6. The summed E-state index contributed by atoms with van der Waals surface area (Å²) in [5, 5.41) is 20.4. The van der Waals surface area contributed by atoms with Crippen LogP contribution < -0.4 is 5.48 Å². The van der Waals surface area contributed by atoms with Gasteiger partial charge in [-0.25, -0.2) is 19.8 Å². The number of aliphatic hydroxyl groups excluding tert-OH is 2. The van der Waals surface area contributed by atoms with E-state index in [1.54, 1.807) is 6.20 Å². The van der Waals surface area contributed by atoms with Gasteiger partial charge in [0.15, 0.2) is 17.7 Å². The second-order valence-electron chi connectivity index (χ2n) is 7.08. The van der Waals surface area contributed by atoms with Crippen molar-refractivity contribution in [2.75, 3.05) is 18.7 Å². The summed E-state index contributed by atoms with van der Waals surface area (Å²) in [6.07, 6.45) is -0.613. The molecular weight excluding hydrogens is 379 g/mol. The molecule has 3 N–H and O–H groups in total. The maximum Gasteiger partial charge on any atom is 0.181 e. The average molecular weight is 402 g/mol. The molecule has 1 aromatic carbocycles. The topological polar surface area (TPSA) is 102 Å². The number of nitrogens with one attached hydrogen (secondary N) is 1. The number of anilines is 1. The molecule has 8 nitrogen and oxygen atoms in total. The molecule has 4 atom stereocenters. The van der Waals surface area contributed by atoms with Crippen molar-refractivity contribution in [3.63, 3.8) is 0 Å². The van der Waals surface area contributed by atoms with Crippen molar-refractivity contribution >= 4 is 16.9 Å². The van der Waals surface area contributed by atoms with Crippen LogP contribution in [0.5, 0.6) is 0 Å². The highest BCUT2D eigenvalue weighted by Crippen LogP contribution is 2.45. The van der Waals surface area contributed by atoms with Gasteiger partial charge in [-0.2, -0.15) is 0 Å². The molecule has 1 aliphatic heterocycles. The fourth-order valence-corrected chi connectivity index (χ4v) is 3.68. The predicted molar refractivity (Wildman–Crippen MR) is 105 cm³/mol. The second-order valence-corrected chi connectivity index (χ2v) is 7.08. The van der Waals surface area contributed by atoms with Gasteiger partial charge >= 0.3 is 0 Å². The summed E-state index contributed by atoms with van der Waals surface area (Å²) in [5.41, 5.74) is 2.73. The summed E-state index contributed by atoms with van der Waals surface area (Å²) in [6, 6.07) is 9.54. The van der Waals surface area contributed by atoms with E-state index >= 15 is 4.39 Å². The van der Waals surface area contributed by atoms with Crippen LogP contribution in [0.25, 0.3) is 22.2 Å². The summed E-state index contributed by atoms with van der Waals surface area (Å²) < 4.78 is 22.7. The number of hydrogen-bond donors (Lipinski definition) is 3. The lowest BCUT2D eigenvalue weighted by Gasteiger charge is -2.25. The number of fused-ring (bicyclic) bond motifs is 1. The molecule has 0 amide bonds. The van der Waals surface area contributed by atoms with Crippen molar-refractivity contribution in [1.29, 1.82) is 0 Å². The molecule has 0 saturated carbocycles. The largest absolute Gasteiger partial charge is 0.394 e. The number of rotatable bonds is 6. The number of aliphatic hydroxyl groups is 2. The molecule has 3 aromatic rings. The molecule has 0 radical (unpaired) electrons. The number of alkyl halides is 1. The first-order chi connectivity index (χ1) is 14.0. The Labute approximate surface area is 166 Å². The molecule has 9 heteroatoms. The maximum absolute atomic E-state index is 15.4. The Bertz CT molecular complexity index is 995. The Balaban J connectivity index is 1.92. The fraction of sp³-hybridized carbons (Fsp3) is 0.400. The molecule has 2 aromatic heterocycles. The first-order valence-corrected chi connectivity index (χ1v) is 9.41. The van der Waals surface area contributed by atoms with E-state index in [0.29, 0.717) is 23.5 Å². The van der Waals surface area contributed by atoms with Crippen LogP contribution in [-0.4, -0.2) is 55.8 Å². The highest BCUT2D eigenvalue weighted by atomic mass is 19.1. The molecule has 29 heavy (non-hydrogen) atoms. The zero-order valence-electron chi connectivity index (χ0n) is 16.1. The van der Waals surface area contributed by atoms with Crippen LogP contribution in [0.1, 0.15) is 20.1 Å². The van der Waals surface area contributed by atoms with Gasteiger partial charge in [0.2, 0.25) is 0 Å². The average Bonchev–Trinajstić information content (AvgIpc) is 3.22. The minimum atomic E-state index is -2.13. The molecule has 3 heterocycles. The Kier molecular flexibility index (Phi) is 5.22. The number of nitrogens with zero attached hydrogens (tertiary/aromatic N) is 3. The van der Waals surface area contributed by atoms with E-state index in [4.69, 9.17) is 9.57 Å². The van der Waals surface area contributed by atoms with Crippen LogP contribution in [-0.2, 0) is 9.57 Å². The van der Waals surface area contributed by atoms with E-state index < -0.39 is 30.7 Å². The van der Waals surface area contributed by atoms with Gasteiger partial charge < -0.3 is 19.5 Å². The molecule has 1 fully saturated rings. The SMILES string of the molecule is CCONc1ncnc2c1c(-c1ccccc1)cn2[C@@H]1OC(CO)C(O)[C@@]1(C)F. The van der Waals surface area contributed by atoms with E-state index in [-0.39, 0.29) is 0 Å². The fourth-order valence-electron chi connectivity index (χ4n) is 3.68. The lowest BCUT2D eigenvalue weighted by atomic mass is 9.98. The third-order valence-corrected chi connectivity index (χ3v) is 5.16. The number of benzene rings is 1. The summed E-state index contributed by atoms with van der Waals surface area (Å²) in [5.74, 6) is 0.437. The van der Waals surface area contributed by atoms with E-state index in [2.05, 4.69) is 15.4 Å². The summed E-state index contributed by atoms with van der Waals surface area (Å²) in [7, 11) is 0. The van der Waals surface area contributed by atoms with Gasteiger partial charge in [-0.05, 0) is 19.4 Å². The van der Waals surface area contributed by atoms with Crippen LogP contribution in [0.4, 0.5) is 10.2 Å². The highest BCUT2D eigenvalue weighted by Gasteiger charge is 2.55. The van der Waals surface area contributed by atoms with Crippen LogP contribution in [0, 0.1) is 0 Å². The third-order valence-electron chi connectivity index (χ3n) is 5.16. The lowest BCUT2D eigenvalue weighted by Crippen LogP contribution is -2.40. The normalized spacial score (nSPS) is 26.9. The van der Waals surface area contributed by atoms with Gasteiger partial charge in [-0.15, -0.1) is 0 Å². The predicted octanol–water partition coefficient (Wildman–Crippen LogP) is 2.44. The van der Waals surface area contributed by atoms with Gasteiger partial charge in [-0.3, -0.25) is 4.84 Å². The zero-order valence-corrected chi connectivity index (χ0v) is 16.1. The number of halogens is 1. The van der Waals surface area contributed by atoms with Gasteiger partial charge in [0, 0.05) is 11.8 Å². The van der Waals surface area contributed by atoms with Crippen molar-refractivity contribution in [3.05, 3.63) is 42.9 Å². The molecule has 0 bridgehead atoms. The maximum atomic E-state index is 15.4. The quantitative estimate of drug-likeness (QED) is 0.545.